The molecule has 0 saturated carbocycles. The molecule has 0 aromatic heterocycles. The highest BCUT2D eigenvalue weighted by Crippen LogP contribution is 2.56. The van der Waals surface area contributed by atoms with Crippen LogP contribution < -0.4 is 0 Å². The lowest BCUT2D eigenvalue weighted by Crippen LogP contribution is -2.88. The molecule has 8 aromatic carbocycles. The summed E-state index contributed by atoms with van der Waals surface area (Å²) in [4.78, 5) is 9.52. The second-order valence-electron chi connectivity index (χ2n) is 24.8. The summed E-state index contributed by atoms with van der Waals surface area (Å²) in [5, 5.41) is 0. The second-order valence-corrected chi connectivity index (χ2v) is 58.9. The Hall–Kier alpha value is -2.18. The van der Waals surface area contributed by atoms with Gasteiger partial charge in [-0.25, -0.2) is 0 Å². The zero-order valence-electron chi connectivity index (χ0n) is 56.2. The topological polar surface area (TPSA) is 111 Å². The highest BCUT2D eigenvalue weighted by Gasteiger charge is 2.83. The largest absolute Gasteiger partial charge is 0.478 e. The Morgan fingerprint density at radius 1 is 0.150 bits per heavy atom. The third kappa shape index (κ3) is 22.0. The Morgan fingerprint density at radius 3 is 0.350 bits per heavy atom. The van der Waals surface area contributed by atoms with Crippen LogP contribution in [-0.2, 0) is 49.4 Å². The van der Waals surface area contributed by atoms with Gasteiger partial charge in [-0.05, 0) is 194 Å². The molecule has 28 heteroatoms. The molecule has 0 unspecified atom stereocenters. The van der Waals surface area contributed by atoms with Crippen LogP contribution in [0.25, 0.3) is 0 Å². The molecule has 100 heavy (non-hydrogen) atoms. The van der Waals surface area contributed by atoms with Crippen LogP contribution in [0.1, 0.15) is 51.4 Å². The minimum atomic E-state index is -4.31. The fraction of sp³-hybridized carbons (Fsp3) is 0.333. The highest BCUT2D eigenvalue weighted by molar-refractivity contribution is 8.00. The van der Waals surface area contributed by atoms with E-state index in [4.69, 9.17) is 49.4 Å². The summed E-state index contributed by atoms with van der Waals surface area (Å²) in [7, 11) is -34.5. The Kier molecular flexibility index (Phi) is 28.6. The van der Waals surface area contributed by atoms with Crippen LogP contribution in [0.5, 0.6) is 0 Å². The lowest BCUT2D eigenvalue weighted by Gasteiger charge is -2.63. The molecule has 0 spiro atoms. The van der Waals surface area contributed by atoms with Gasteiger partial charge in [0.15, 0.2) is 0 Å². The van der Waals surface area contributed by atoms with Crippen LogP contribution in [0.15, 0.2) is 282 Å². The van der Waals surface area contributed by atoms with Crippen molar-refractivity contribution in [1.82, 2.24) is 0 Å². The molecule has 8 aromatic rings. The molecule has 0 aliphatic carbocycles. The Bertz CT molecular complexity index is 2920. The summed E-state index contributed by atoms with van der Waals surface area (Å²) in [6.07, 6.45) is 5.45. The summed E-state index contributed by atoms with van der Waals surface area (Å²) >= 11 is 14.6. The van der Waals surface area contributed by atoms with Gasteiger partial charge in [0.1, 0.15) is 0 Å². The van der Waals surface area contributed by atoms with Crippen LogP contribution in [0.4, 0.5) is 0 Å². The molecule has 6 heterocycles. The maximum Gasteiger partial charge on any atom is 0.478 e. The van der Waals surface area contributed by atoms with Gasteiger partial charge in [-0.2, -0.15) is 0 Å². The number of rotatable bonds is 40. The molecule has 0 N–H and O–H groups in total. The summed E-state index contributed by atoms with van der Waals surface area (Å²) in [5.41, 5.74) is 0. The van der Waals surface area contributed by atoms with E-state index in [1.165, 1.54) is 39.2 Å². The first kappa shape index (κ1) is 76.0. The van der Waals surface area contributed by atoms with Crippen molar-refractivity contribution in [2.75, 3.05) is 46.0 Å². The van der Waals surface area contributed by atoms with Crippen LogP contribution in [0.3, 0.4) is 0 Å². The monoisotopic (exact) mass is 1620 g/mol. The third-order valence-corrected chi connectivity index (χ3v) is 63.2. The van der Waals surface area contributed by atoms with E-state index < -0.39 is 70.4 Å². The van der Waals surface area contributed by atoms with E-state index in [1.807, 2.05) is 94.1 Å². The van der Waals surface area contributed by atoms with Crippen molar-refractivity contribution in [1.29, 1.82) is 0 Å². The van der Waals surface area contributed by atoms with Crippen molar-refractivity contribution in [2.24, 2.45) is 0 Å². The van der Waals surface area contributed by atoms with E-state index in [0.717, 1.165) is 46.0 Å². The lowest BCUT2D eigenvalue weighted by molar-refractivity contribution is -0.0305. The number of thioether (sulfide) groups is 8. The number of benzene rings is 8. The quantitative estimate of drug-likeness (QED) is 0.0206. The molecule has 14 rings (SSSR count). The third-order valence-electron chi connectivity index (χ3n) is 16.8. The maximum absolute atomic E-state index is 8.49. The van der Waals surface area contributed by atoms with Gasteiger partial charge in [-0.15, -0.1) is 94.1 Å². The Labute approximate surface area is 635 Å². The van der Waals surface area contributed by atoms with Gasteiger partial charge in [-0.1, -0.05) is 146 Å². The van der Waals surface area contributed by atoms with Crippen molar-refractivity contribution in [2.45, 2.75) is 139 Å². The number of hydrogen-bond donors (Lipinski definition) is 0. The molecule has 0 atom stereocenters. The predicted molar refractivity (Wildman–Crippen MR) is 432 cm³/mol. The number of hydrogen-bond acceptors (Lipinski definition) is 20. The second kappa shape index (κ2) is 37.6. The van der Waals surface area contributed by atoms with Crippen LogP contribution >= 0.6 is 94.1 Å². The smallest absolute Gasteiger partial charge is 0.373 e. The van der Waals surface area contributed by atoms with E-state index in [-0.39, 0.29) is 0 Å². The van der Waals surface area contributed by atoms with Gasteiger partial charge in [0.2, 0.25) is 0 Å². The van der Waals surface area contributed by atoms with E-state index in [9.17, 15) is 0 Å². The average Bonchev–Trinajstić information content (AvgIpc) is 0.688. The molecule has 6 fully saturated rings. The minimum absolute atomic E-state index is 0.417. The van der Waals surface area contributed by atoms with Crippen molar-refractivity contribution in [3.63, 3.8) is 0 Å². The molecule has 8 bridgehead atoms. The van der Waals surface area contributed by atoms with E-state index in [0.29, 0.717) is 99.7 Å². The summed E-state index contributed by atoms with van der Waals surface area (Å²) < 4.78 is 102. The van der Waals surface area contributed by atoms with E-state index in [2.05, 4.69) is 243 Å². The standard InChI is InChI=1S/C72H88O12S8Si8/c1-9-33-65(34-10-1)85-49-25-57-93-73-94(58-26-50-86-66-35-11-2-12-36-66)76-97(61-29-53-89-69-41-17-5-18-42-69)78-95(74-93,59-27-51-87-67-37-13-3-14-38-67)80-99(63-31-55-91-71-45-21-7-22-46-71)81-96(75-93,60-28-52-88-68-39-15-4-16-40-68)79-98(77-94,62-30-54-90-70-43-19-6-20-44-70)83-100(82-97,84-99)64-32-56-92-72-47-23-8-24-48-72/h1-24,33-48H,25-32,49-64H2. The molecular weight excluding hydrogens is 1540 g/mol. The van der Waals surface area contributed by atoms with Gasteiger partial charge in [0.05, 0.1) is 0 Å². The zero-order valence-corrected chi connectivity index (χ0v) is 70.8. The van der Waals surface area contributed by atoms with Gasteiger partial charge >= 0.3 is 70.4 Å². The normalized spacial score (nSPS) is 26.7. The fourth-order valence-electron chi connectivity index (χ4n) is 12.5. The van der Waals surface area contributed by atoms with Crippen LogP contribution in [0, 0.1) is 0 Å². The summed E-state index contributed by atoms with van der Waals surface area (Å²) in [5.74, 6) is 6.16. The maximum atomic E-state index is 8.49. The summed E-state index contributed by atoms with van der Waals surface area (Å²) in [6, 6.07) is 88.4. The van der Waals surface area contributed by atoms with Crippen LogP contribution in [-0.4, -0.2) is 116 Å². The molecule has 6 aliphatic heterocycles. The molecule has 0 amide bonds. The van der Waals surface area contributed by atoms with E-state index in [1.54, 1.807) is 0 Å². The fourth-order valence-corrected chi connectivity index (χ4v) is 72.0. The van der Waals surface area contributed by atoms with Crippen molar-refractivity contribution in [3.05, 3.63) is 243 Å². The first-order chi connectivity index (χ1) is 49.1. The zero-order chi connectivity index (χ0) is 68.0. The van der Waals surface area contributed by atoms with Crippen molar-refractivity contribution < 1.29 is 49.4 Å². The summed E-state index contributed by atoms with van der Waals surface area (Å²) in [6.45, 7) is 0. The SMILES string of the molecule is c1ccc(SCCC[Si]23O[Si]4(CCCSc5ccccc5)O[Si]5(CCCSc6ccccc6)O[Si](CCCSc6ccccc6)(O2)O[Si]2(CCCSc6ccccc6)O[Si](CCCSc6ccccc6)(O3)O[Si](CCCSc3ccccc3)(O4)O[Si](CCCSc3ccccc3)(O5)O2)cc1. The van der Waals surface area contributed by atoms with E-state index >= 15 is 0 Å². The minimum Gasteiger partial charge on any atom is -0.373 e. The van der Waals surface area contributed by atoms with Crippen molar-refractivity contribution in [3.8, 4) is 0 Å². The molecule has 6 aliphatic rings. The van der Waals surface area contributed by atoms with Gasteiger partial charge < -0.3 is 49.4 Å². The molecular formula is C72H88O12S8Si8. The Morgan fingerprint density at radius 2 is 0.250 bits per heavy atom. The van der Waals surface area contributed by atoms with Crippen molar-refractivity contribution >= 4 is 165 Å². The molecule has 6 saturated heterocycles. The average molecular weight is 1630 g/mol. The van der Waals surface area contributed by atoms with Crippen LogP contribution in [0.2, 0.25) is 48.4 Å². The van der Waals surface area contributed by atoms with Gasteiger partial charge in [-0.3, -0.25) is 0 Å². The molecule has 528 valence electrons. The lowest BCUT2D eigenvalue weighted by atomic mass is 10.4. The van der Waals surface area contributed by atoms with Gasteiger partial charge in [0, 0.05) is 87.5 Å². The predicted octanol–water partition coefficient (Wildman–Crippen LogP) is 21.2. The van der Waals surface area contributed by atoms with Gasteiger partial charge in [0.25, 0.3) is 0 Å². The molecule has 12 nitrogen and oxygen atoms in total. The highest BCUT2D eigenvalue weighted by atomic mass is 32.2. The first-order valence-electron chi connectivity index (χ1n) is 35.0. The molecule has 0 radical (unpaired) electrons. The first-order valence-corrected chi connectivity index (χ1v) is 58.3. The Balaban J connectivity index is 0.986.